The molecule has 0 spiro atoms. The lowest BCUT2D eigenvalue weighted by Gasteiger charge is -2.23. The lowest BCUT2D eigenvalue weighted by molar-refractivity contribution is -0.428. The Morgan fingerprint density at radius 2 is 2.00 bits per heavy atom. The Hall–Kier alpha value is -0.450. The largest absolute Gasteiger partial charge is 0.351 e. The van der Waals surface area contributed by atoms with Crippen molar-refractivity contribution in [1.29, 1.82) is 0 Å². The molecule has 0 rings (SSSR count). The molecule has 0 heterocycles. The Morgan fingerprint density at radius 1 is 1.43 bits per heavy atom. The van der Waals surface area contributed by atoms with E-state index in [4.69, 9.17) is 14.5 Å². The molecule has 0 fully saturated rings. The average molecular weight is 204 g/mol. The fraction of sp³-hybridized carbons (Fsp3) is 0.900. The standard InChI is InChI=1S/C10H20O4/c1-6-9(11)7-8(2)13-14-10(3,4)12-5/h8H,6-7H2,1-5H3/t8-/m1/s1. The molecular weight excluding hydrogens is 184 g/mol. The van der Waals surface area contributed by atoms with E-state index in [0.717, 1.165) is 0 Å². The second-order valence-corrected chi connectivity index (χ2v) is 3.69. The summed E-state index contributed by atoms with van der Waals surface area (Å²) >= 11 is 0. The van der Waals surface area contributed by atoms with Gasteiger partial charge in [0.1, 0.15) is 5.78 Å². The van der Waals surface area contributed by atoms with Crippen LogP contribution in [-0.2, 0) is 19.3 Å². The van der Waals surface area contributed by atoms with Gasteiger partial charge in [0.05, 0.1) is 6.10 Å². The van der Waals surface area contributed by atoms with E-state index in [1.807, 2.05) is 6.92 Å². The number of carbonyl (C=O) groups excluding carboxylic acids is 1. The van der Waals surface area contributed by atoms with Crippen LogP contribution in [0, 0.1) is 0 Å². The summed E-state index contributed by atoms with van der Waals surface area (Å²) in [6.45, 7) is 7.09. The van der Waals surface area contributed by atoms with Gasteiger partial charge in [-0.2, -0.15) is 0 Å². The first-order valence-corrected chi connectivity index (χ1v) is 4.82. The highest BCUT2D eigenvalue weighted by molar-refractivity contribution is 5.78. The highest BCUT2D eigenvalue weighted by Crippen LogP contribution is 2.12. The molecule has 0 N–H and O–H groups in total. The smallest absolute Gasteiger partial charge is 0.195 e. The maximum absolute atomic E-state index is 11.0. The van der Waals surface area contributed by atoms with Crippen LogP contribution in [0.1, 0.15) is 40.5 Å². The van der Waals surface area contributed by atoms with E-state index >= 15 is 0 Å². The summed E-state index contributed by atoms with van der Waals surface area (Å²) in [6, 6.07) is 0. The minimum absolute atomic E-state index is 0.163. The van der Waals surface area contributed by atoms with E-state index in [1.165, 1.54) is 7.11 Å². The zero-order chi connectivity index (χ0) is 11.2. The van der Waals surface area contributed by atoms with Crippen LogP contribution in [0.2, 0.25) is 0 Å². The number of methoxy groups -OCH3 is 1. The molecule has 0 aliphatic carbocycles. The molecule has 0 amide bonds. The molecule has 0 saturated heterocycles. The Balaban J connectivity index is 3.74. The van der Waals surface area contributed by atoms with Crippen molar-refractivity contribution in [3.05, 3.63) is 0 Å². The highest BCUT2D eigenvalue weighted by atomic mass is 17.2. The predicted octanol–water partition coefficient (Wildman–Crippen LogP) is 2.07. The molecule has 0 unspecified atom stereocenters. The summed E-state index contributed by atoms with van der Waals surface area (Å²) in [7, 11) is 1.53. The number of hydrogen-bond donors (Lipinski definition) is 0. The van der Waals surface area contributed by atoms with E-state index in [1.54, 1.807) is 20.8 Å². The number of carbonyl (C=O) groups is 1. The molecule has 0 aromatic carbocycles. The van der Waals surface area contributed by atoms with Gasteiger partial charge >= 0.3 is 0 Å². The lowest BCUT2D eigenvalue weighted by Crippen LogP contribution is -2.29. The van der Waals surface area contributed by atoms with Gasteiger partial charge in [-0.25, -0.2) is 9.78 Å². The molecule has 0 radical (unpaired) electrons. The summed E-state index contributed by atoms with van der Waals surface area (Å²) < 4.78 is 4.99. The van der Waals surface area contributed by atoms with Gasteiger partial charge < -0.3 is 4.74 Å². The topological polar surface area (TPSA) is 44.8 Å². The zero-order valence-electron chi connectivity index (χ0n) is 9.62. The van der Waals surface area contributed by atoms with Crippen LogP contribution in [0.25, 0.3) is 0 Å². The molecular formula is C10H20O4. The SMILES string of the molecule is CCC(=O)C[C@@H](C)OOC(C)(C)OC. The van der Waals surface area contributed by atoms with Crippen molar-refractivity contribution in [2.24, 2.45) is 0 Å². The normalized spacial score (nSPS) is 14.1. The average Bonchev–Trinajstić information content (AvgIpc) is 2.15. The lowest BCUT2D eigenvalue weighted by atomic mass is 10.2. The van der Waals surface area contributed by atoms with E-state index in [0.29, 0.717) is 12.8 Å². The van der Waals surface area contributed by atoms with E-state index < -0.39 is 5.79 Å². The second kappa shape index (κ2) is 6.11. The molecule has 0 aliphatic rings. The molecule has 1 atom stereocenters. The van der Waals surface area contributed by atoms with Crippen LogP contribution in [0.4, 0.5) is 0 Å². The first-order chi connectivity index (χ1) is 6.41. The van der Waals surface area contributed by atoms with Crippen molar-refractivity contribution in [2.75, 3.05) is 7.11 Å². The van der Waals surface area contributed by atoms with Crippen LogP contribution in [0.5, 0.6) is 0 Å². The summed E-state index contributed by atoms with van der Waals surface area (Å²) in [6.07, 6.45) is 0.661. The summed E-state index contributed by atoms with van der Waals surface area (Å²) in [5.41, 5.74) is 0. The van der Waals surface area contributed by atoms with E-state index in [2.05, 4.69) is 0 Å². The highest BCUT2D eigenvalue weighted by Gasteiger charge is 2.20. The first kappa shape index (κ1) is 13.5. The molecule has 0 aromatic rings. The summed E-state index contributed by atoms with van der Waals surface area (Å²) in [4.78, 5) is 21.1. The number of hydrogen-bond acceptors (Lipinski definition) is 4. The maximum atomic E-state index is 11.0. The Kier molecular flexibility index (Phi) is 5.92. The van der Waals surface area contributed by atoms with Crippen molar-refractivity contribution in [2.45, 2.75) is 52.4 Å². The van der Waals surface area contributed by atoms with Gasteiger partial charge in [-0.05, 0) is 20.8 Å². The second-order valence-electron chi connectivity index (χ2n) is 3.69. The monoisotopic (exact) mass is 204 g/mol. The fourth-order valence-corrected chi connectivity index (χ4v) is 0.731. The van der Waals surface area contributed by atoms with Crippen molar-refractivity contribution >= 4 is 5.78 Å². The van der Waals surface area contributed by atoms with Crippen LogP contribution in [0.15, 0.2) is 0 Å². The van der Waals surface area contributed by atoms with E-state index in [-0.39, 0.29) is 11.9 Å². The molecule has 14 heavy (non-hydrogen) atoms. The molecule has 0 aromatic heterocycles. The van der Waals surface area contributed by atoms with Gasteiger partial charge in [0.15, 0.2) is 5.79 Å². The fourth-order valence-electron chi connectivity index (χ4n) is 0.731. The molecule has 84 valence electrons. The van der Waals surface area contributed by atoms with Crippen molar-refractivity contribution in [1.82, 2.24) is 0 Å². The molecule has 4 nitrogen and oxygen atoms in total. The Labute approximate surface area is 85.5 Å². The van der Waals surface area contributed by atoms with Gasteiger partial charge in [0.2, 0.25) is 0 Å². The number of Topliss-reactive ketones (excluding diaryl/α,β-unsaturated/α-hetero) is 1. The van der Waals surface area contributed by atoms with Crippen LogP contribution in [-0.4, -0.2) is 24.8 Å². The third-order valence-electron chi connectivity index (χ3n) is 1.81. The third-order valence-corrected chi connectivity index (χ3v) is 1.81. The summed E-state index contributed by atoms with van der Waals surface area (Å²) in [5.74, 6) is -0.611. The van der Waals surface area contributed by atoms with Crippen LogP contribution in [0.3, 0.4) is 0 Å². The van der Waals surface area contributed by atoms with Crippen LogP contribution >= 0.6 is 0 Å². The predicted molar refractivity (Wildman–Crippen MR) is 52.6 cm³/mol. The maximum Gasteiger partial charge on any atom is 0.195 e. The first-order valence-electron chi connectivity index (χ1n) is 4.82. The Morgan fingerprint density at radius 3 is 2.43 bits per heavy atom. The zero-order valence-corrected chi connectivity index (χ0v) is 9.62. The van der Waals surface area contributed by atoms with Gasteiger partial charge in [0, 0.05) is 20.0 Å². The van der Waals surface area contributed by atoms with Gasteiger partial charge in [-0.1, -0.05) is 6.92 Å². The van der Waals surface area contributed by atoms with Crippen molar-refractivity contribution in [3.63, 3.8) is 0 Å². The quantitative estimate of drug-likeness (QED) is 0.362. The number of rotatable bonds is 7. The minimum Gasteiger partial charge on any atom is -0.351 e. The van der Waals surface area contributed by atoms with Gasteiger partial charge in [-0.15, -0.1) is 0 Å². The van der Waals surface area contributed by atoms with Crippen molar-refractivity contribution < 1.29 is 19.3 Å². The van der Waals surface area contributed by atoms with Gasteiger partial charge in [-0.3, -0.25) is 4.79 Å². The van der Waals surface area contributed by atoms with Gasteiger partial charge in [0.25, 0.3) is 0 Å². The number of ether oxygens (including phenoxy) is 1. The third kappa shape index (κ3) is 6.07. The molecule has 0 aliphatic heterocycles. The summed E-state index contributed by atoms with van der Waals surface area (Å²) in [5, 5.41) is 0. The number of ketones is 1. The van der Waals surface area contributed by atoms with Crippen molar-refractivity contribution in [3.8, 4) is 0 Å². The minimum atomic E-state index is -0.774. The molecule has 0 bridgehead atoms. The van der Waals surface area contributed by atoms with E-state index in [9.17, 15) is 4.79 Å². The van der Waals surface area contributed by atoms with Crippen LogP contribution < -0.4 is 0 Å². The molecule has 4 heteroatoms. The molecule has 0 saturated carbocycles. The Bertz CT molecular complexity index is 177.